The molecular weight excluding hydrogens is 154 g/mol. The van der Waals surface area contributed by atoms with Crippen LogP contribution in [0, 0.1) is 0 Å². The fourth-order valence-corrected chi connectivity index (χ4v) is 1.35. The van der Waals surface area contributed by atoms with Gasteiger partial charge in [-0.15, -0.1) is 0 Å². The summed E-state index contributed by atoms with van der Waals surface area (Å²) in [6, 6.07) is 2.41. The molecule has 12 heavy (non-hydrogen) atoms. The lowest BCUT2D eigenvalue weighted by Crippen LogP contribution is -2.19. The Bertz CT molecular complexity index is 253. The molecular formula is C8H13N3O. The number of rotatable bonds is 2. The maximum atomic E-state index is 5.24. The van der Waals surface area contributed by atoms with Gasteiger partial charge in [-0.1, -0.05) is 0 Å². The number of nitrogens with zero attached hydrogens (tertiary/aromatic N) is 2. The number of ether oxygens (including phenoxy) is 1. The quantitative estimate of drug-likeness (QED) is 0.701. The number of aromatic nitrogens is 2. The topological polar surface area (TPSA) is 39.1 Å². The molecule has 1 saturated heterocycles. The Morgan fingerprint density at radius 3 is 3.25 bits per heavy atom. The molecule has 66 valence electrons. The molecule has 2 heterocycles. The van der Waals surface area contributed by atoms with Gasteiger partial charge >= 0.3 is 0 Å². The second kappa shape index (κ2) is 3.15. The third kappa shape index (κ3) is 1.58. The van der Waals surface area contributed by atoms with Crippen molar-refractivity contribution >= 4 is 5.82 Å². The zero-order valence-corrected chi connectivity index (χ0v) is 7.16. The Morgan fingerprint density at radius 1 is 1.75 bits per heavy atom. The van der Waals surface area contributed by atoms with Crippen LogP contribution in [-0.4, -0.2) is 29.0 Å². The van der Waals surface area contributed by atoms with E-state index in [1.54, 1.807) is 4.68 Å². The van der Waals surface area contributed by atoms with E-state index in [4.69, 9.17) is 4.74 Å². The van der Waals surface area contributed by atoms with Gasteiger partial charge in [-0.25, -0.2) is 0 Å². The van der Waals surface area contributed by atoms with Gasteiger partial charge in [0.15, 0.2) is 0 Å². The molecule has 0 spiro atoms. The van der Waals surface area contributed by atoms with Crippen LogP contribution in [0.4, 0.5) is 5.82 Å². The van der Waals surface area contributed by atoms with Crippen molar-refractivity contribution < 1.29 is 4.74 Å². The van der Waals surface area contributed by atoms with E-state index in [1.165, 1.54) is 0 Å². The molecule has 1 aromatic rings. The van der Waals surface area contributed by atoms with Crippen LogP contribution in [-0.2, 0) is 11.8 Å². The van der Waals surface area contributed by atoms with E-state index in [9.17, 15) is 0 Å². The van der Waals surface area contributed by atoms with Crippen molar-refractivity contribution in [1.82, 2.24) is 9.78 Å². The second-order valence-electron chi connectivity index (χ2n) is 3.08. The summed E-state index contributed by atoms with van der Waals surface area (Å²) in [5.41, 5.74) is 0. The highest BCUT2D eigenvalue weighted by atomic mass is 16.5. The van der Waals surface area contributed by atoms with Gasteiger partial charge in [0, 0.05) is 25.9 Å². The van der Waals surface area contributed by atoms with E-state index < -0.39 is 0 Å². The van der Waals surface area contributed by atoms with Crippen LogP contribution >= 0.6 is 0 Å². The summed E-state index contributed by atoms with van der Waals surface area (Å²) in [6.07, 6.45) is 3.01. The van der Waals surface area contributed by atoms with Crippen LogP contribution in [0.5, 0.6) is 0 Å². The lowest BCUT2D eigenvalue weighted by atomic mass is 10.3. The zero-order valence-electron chi connectivity index (χ0n) is 7.16. The van der Waals surface area contributed by atoms with Crippen molar-refractivity contribution in [1.29, 1.82) is 0 Å². The number of nitrogens with one attached hydrogen (secondary N) is 1. The summed E-state index contributed by atoms with van der Waals surface area (Å²) in [4.78, 5) is 0. The predicted octanol–water partition coefficient (Wildman–Crippen LogP) is 0.621. The molecule has 1 N–H and O–H groups in total. The van der Waals surface area contributed by atoms with Gasteiger partial charge in [0.05, 0.1) is 12.6 Å². The van der Waals surface area contributed by atoms with E-state index in [1.807, 2.05) is 19.3 Å². The van der Waals surface area contributed by atoms with Crippen molar-refractivity contribution in [2.24, 2.45) is 7.05 Å². The highest BCUT2D eigenvalue weighted by Gasteiger charge is 2.15. The second-order valence-corrected chi connectivity index (χ2v) is 3.08. The summed E-state index contributed by atoms with van der Waals surface area (Å²) in [5.74, 6) is 0.938. The molecule has 4 nitrogen and oxygen atoms in total. The maximum Gasteiger partial charge on any atom is 0.148 e. The Labute approximate surface area is 71.5 Å². The average molecular weight is 167 g/mol. The summed E-state index contributed by atoms with van der Waals surface area (Å²) >= 11 is 0. The monoisotopic (exact) mass is 167 g/mol. The van der Waals surface area contributed by atoms with E-state index >= 15 is 0 Å². The molecule has 1 aromatic heterocycles. The standard InChI is InChI=1S/C8H13N3O/c1-11-4-2-8(10-11)9-7-3-5-12-6-7/h2,4,7H,3,5-6H2,1H3,(H,9,10). The SMILES string of the molecule is Cn1ccc(NC2CCOC2)n1. The summed E-state index contributed by atoms with van der Waals surface area (Å²) in [6.45, 7) is 1.67. The third-order valence-corrected chi connectivity index (χ3v) is 2.00. The van der Waals surface area contributed by atoms with E-state index in [-0.39, 0.29) is 0 Å². The summed E-state index contributed by atoms with van der Waals surface area (Å²) < 4.78 is 7.03. The number of hydrogen-bond acceptors (Lipinski definition) is 3. The first-order valence-corrected chi connectivity index (χ1v) is 4.18. The minimum absolute atomic E-state index is 0.444. The molecule has 1 fully saturated rings. The number of hydrogen-bond donors (Lipinski definition) is 1. The van der Waals surface area contributed by atoms with Crippen LogP contribution in [0.3, 0.4) is 0 Å². The van der Waals surface area contributed by atoms with Crippen LogP contribution in [0.1, 0.15) is 6.42 Å². The van der Waals surface area contributed by atoms with Gasteiger partial charge < -0.3 is 10.1 Å². The molecule has 1 unspecified atom stereocenters. The average Bonchev–Trinajstić information content (AvgIpc) is 2.63. The Balaban J connectivity index is 1.94. The predicted molar refractivity (Wildman–Crippen MR) is 46.1 cm³/mol. The van der Waals surface area contributed by atoms with E-state index in [2.05, 4.69) is 10.4 Å². The fraction of sp³-hybridized carbons (Fsp3) is 0.625. The Kier molecular flexibility index (Phi) is 1.99. The normalized spacial score (nSPS) is 22.9. The largest absolute Gasteiger partial charge is 0.379 e. The van der Waals surface area contributed by atoms with Crippen LogP contribution < -0.4 is 5.32 Å². The minimum atomic E-state index is 0.444. The van der Waals surface area contributed by atoms with E-state index in [0.717, 1.165) is 25.5 Å². The molecule has 0 radical (unpaired) electrons. The smallest absolute Gasteiger partial charge is 0.148 e. The molecule has 4 heteroatoms. The molecule has 1 atom stereocenters. The fourth-order valence-electron chi connectivity index (χ4n) is 1.35. The number of aryl methyl sites for hydroxylation is 1. The Morgan fingerprint density at radius 2 is 2.67 bits per heavy atom. The van der Waals surface area contributed by atoms with Crippen LogP contribution in [0.2, 0.25) is 0 Å². The molecule has 0 saturated carbocycles. The van der Waals surface area contributed by atoms with Gasteiger partial charge in [0.1, 0.15) is 5.82 Å². The first-order valence-electron chi connectivity index (χ1n) is 4.18. The van der Waals surface area contributed by atoms with Crippen molar-refractivity contribution in [3.05, 3.63) is 12.3 Å². The van der Waals surface area contributed by atoms with Crippen LogP contribution in [0.25, 0.3) is 0 Å². The minimum Gasteiger partial charge on any atom is -0.379 e. The van der Waals surface area contributed by atoms with Gasteiger partial charge in [0.2, 0.25) is 0 Å². The first-order chi connectivity index (χ1) is 5.84. The highest BCUT2D eigenvalue weighted by Crippen LogP contribution is 2.10. The third-order valence-electron chi connectivity index (χ3n) is 2.00. The lowest BCUT2D eigenvalue weighted by molar-refractivity contribution is 0.195. The summed E-state index contributed by atoms with van der Waals surface area (Å²) in [7, 11) is 1.91. The zero-order chi connectivity index (χ0) is 8.39. The number of anilines is 1. The Hall–Kier alpha value is -1.03. The van der Waals surface area contributed by atoms with Crippen molar-refractivity contribution in [2.45, 2.75) is 12.5 Å². The lowest BCUT2D eigenvalue weighted by Gasteiger charge is -2.07. The highest BCUT2D eigenvalue weighted by molar-refractivity contribution is 5.33. The molecule has 1 aliphatic rings. The van der Waals surface area contributed by atoms with E-state index in [0.29, 0.717) is 6.04 Å². The first kappa shape index (κ1) is 7.61. The molecule has 1 aliphatic heterocycles. The molecule has 0 aromatic carbocycles. The van der Waals surface area contributed by atoms with Gasteiger partial charge in [-0.2, -0.15) is 5.10 Å². The molecule has 2 rings (SSSR count). The van der Waals surface area contributed by atoms with Crippen LogP contribution in [0.15, 0.2) is 12.3 Å². The van der Waals surface area contributed by atoms with Gasteiger partial charge in [0.25, 0.3) is 0 Å². The maximum absolute atomic E-state index is 5.24. The summed E-state index contributed by atoms with van der Waals surface area (Å²) in [5, 5.41) is 7.53. The molecule has 0 amide bonds. The van der Waals surface area contributed by atoms with Gasteiger partial charge in [-0.3, -0.25) is 4.68 Å². The van der Waals surface area contributed by atoms with Gasteiger partial charge in [-0.05, 0) is 6.42 Å². The van der Waals surface area contributed by atoms with Crippen molar-refractivity contribution in [3.63, 3.8) is 0 Å². The molecule has 0 aliphatic carbocycles. The van der Waals surface area contributed by atoms with Crippen molar-refractivity contribution in [3.8, 4) is 0 Å². The molecule has 0 bridgehead atoms. The van der Waals surface area contributed by atoms with Crippen molar-refractivity contribution in [2.75, 3.05) is 18.5 Å².